The minimum atomic E-state index is -0.426. The largest absolute Gasteiger partial charge is 0.497 e. The number of rotatable bonds is 6. The van der Waals surface area contributed by atoms with Crippen molar-refractivity contribution in [2.24, 2.45) is 0 Å². The Hall–Kier alpha value is -2.93. The van der Waals surface area contributed by atoms with Gasteiger partial charge in [0.1, 0.15) is 5.75 Å². The third-order valence-corrected chi connectivity index (χ3v) is 4.99. The average molecular weight is 399 g/mol. The Morgan fingerprint density at radius 1 is 0.966 bits per heavy atom. The van der Waals surface area contributed by atoms with Gasteiger partial charge in [-0.3, -0.25) is 4.90 Å². The first-order valence-electron chi connectivity index (χ1n) is 9.67. The predicted octanol–water partition coefficient (Wildman–Crippen LogP) is 3.09. The number of carbonyl (C=O) groups excluding carboxylic acids is 1. The number of carbonyl (C=O) groups is 1. The summed E-state index contributed by atoms with van der Waals surface area (Å²) in [6.45, 7) is 4.68. The fourth-order valence-corrected chi connectivity index (χ4v) is 3.31. The van der Waals surface area contributed by atoms with E-state index in [1.807, 2.05) is 24.3 Å². The number of nitrogens with zero attached hydrogens (tertiary/aromatic N) is 3. The Bertz CT molecular complexity index is 833. The third kappa shape index (κ3) is 5.32. The van der Waals surface area contributed by atoms with Gasteiger partial charge in [-0.2, -0.15) is 0 Å². The van der Waals surface area contributed by atoms with E-state index in [4.69, 9.17) is 14.2 Å². The lowest BCUT2D eigenvalue weighted by atomic mass is 10.1. The lowest BCUT2D eigenvalue weighted by molar-refractivity contribution is 0.170. The topological polar surface area (TPSA) is 54.5 Å². The normalized spacial score (nSPS) is 14.4. The van der Waals surface area contributed by atoms with Gasteiger partial charge >= 0.3 is 6.09 Å². The van der Waals surface area contributed by atoms with Crippen molar-refractivity contribution in [2.45, 2.75) is 6.54 Å². The Kier molecular flexibility index (Phi) is 6.82. The molecule has 1 saturated heterocycles. The highest BCUT2D eigenvalue weighted by Gasteiger charge is 2.19. The summed E-state index contributed by atoms with van der Waals surface area (Å²) >= 11 is 0. The number of methoxy groups -OCH3 is 2. The van der Waals surface area contributed by atoms with Crippen molar-refractivity contribution in [3.05, 3.63) is 48.0 Å². The van der Waals surface area contributed by atoms with Crippen LogP contribution in [0.5, 0.6) is 17.2 Å². The molecule has 29 heavy (non-hydrogen) atoms. The van der Waals surface area contributed by atoms with Crippen LogP contribution in [0, 0.1) is 0 Å². The van der Waals surface area contributed by atoms with E-state index in [9.17, 15) is 4.79 Å². The quantitative estimate of drug-likeness (QED) is 0.744. The monoisotopic (exact) mass is 399 g/mol. The maximum Gasteiger partial charge on any atom is 0.414 e. The van der Waals surface area contributed by atoms with Crippen LogP contribution in [0.2, 0.25) is 0 Å². The van der Waals surface area contributed by atoms with Crippen molar-refractivity contribution in [3.8, 4) is 17.2 Å². The summed E-state index contributed by atoms with van der Waals surface area (Å²) in [6, 6.07) is 13.9. The van der Waals surface area contributed by atoms with E-state index in [-0.39, 0.29) is 0 Å². The second-order valence-corrected chi connectivity index (χ2v) is 7.21. The molecule has 0 N–H and O–H groups in total. The molecule has 0 spiro atoms. The summed E-state index contributed by atoms with van der Waals surface area (Å²) in [5, 5.41) is 0. The van der Waals surface area contributed by atoms with Gasteiger partial charge in [0.2, 0.25) is 0 Å². The number of ether oxygens (including phenoxy) is 3. The van der Waals surface area contributed by atoms with E-state index in [0.29, 0.717) is 11.5 Å². The lowest BCUT2D eigenvalue weighted by Crippen LogP contribution is -2.45. The average Bonchev–Trinajstić information content (AvgIpc) is 2.75. The molecule has 1 heterocycles. The molecule has 1 aliphatic rings. The number of hydrogen-bond donors (Lipinski definition) is 0. The van der Waals surface area contributed by atoms with E-state index in [1.165, 1.54) is 10.6 Å². The fourth-order valence-electron chi connectivity index (χ4n) is 3.31. The van der Waals surface area contributed by atoms with Crippen LogP contribution in [0.25, 0.3) is 0 Å². The fraction of sp³-hybridized carbons (Fsp3) is 0.409. The molecule has 7 nitrogen and oxygen atoms in total. The van der Waals surface area contributed by atoms with Gasteiger partial charge < -0.3 is 24.0 Å². The maximum absolute atomic E-state index is 11.8. The molecule has 1 aliphatic heterocycles. The first-order chi connectivity index (χ1) is 14.0. The SMILES string of the molecule is COc1cccc(N2CCN(Cc3ccc(OC(=O)N(C)C)c(OC)c3)CC2)c1. The Morgan fingerprint density at radius 2 is 1.72 bits per heavy atom. The molecule has 0 aliphatic carbocycles. The molecule has 1 fully saturated rings. The van der Waals surface area contributed by atoms with Gasteiger partial charge in [-0.15, -0.1) is 0 Å². The summed E-state index contributed by atoms with van der Waals surface area (Å²) < 4.78 is 16.1. The highest BCUT2D eigenvalue weighted by atomic mass is 16.6. The zero-order valence-electron chi connectivity index (χ0n) is 17.6. The first kappa shape index (κ1) is 20.8. The lowest BCUT2D eigenvalue weighted by Gasteiger charge is -2.36. The molecule has 3 rings (SSSR count). The molecule has 0 radical (unpaired) electrons. The molecule has 0 aromatic heterocycles. The summed E-state index contributed by atoms with van der Waals surface area (Å²) in [5.74, 6) is 1.87. The van der Waals surface area contributed by atoms with Gasteiger partial charge in [-0.25, -0.2) is 4.79 Å². The van der Waals surface area contributed by atoms with Crippen LogP contribution < -0.4 is 19.1 Å². The smallest absolute Gasteiger partial charge is 0.414 e. The van der Waals surface area contributed by atoms with Crippen molar-refractivity contribution in [1.82, 2.24) is 9.80 Å². The van der Waals surface area contributed by atoms with Crippen LogP contribution in [-0.4, -0.2) is 70.4 Å². The van der Waals surface area contributed by atoms with Gasteiger partial charge in [0.05, 0.1) is 14.2 Å². The number of benzene rings is 2. The van der Waals surface area contributed by atoms with Gasteiger partial charge in [-0.05, 0) is 29.8 Å². The second-order valence-electron chi connectivity index (χ2n) is 7.21. The summed E-state index contributed by atoms with van der Waals surface area (Å²) in [6.07, 6.45) is -0.426. The number of anilines is 1. The van der Waals surface area contributed by atoms with E-state index >= 15 is 0 Å². The highest BCUT2D eigenvalue weighted by molar-refractivity contribution is 5.71. The van der Waals surface area contributed by atoms with Gasteiger partial charge in [-0.1, -0.05) is 12.1 Å². The number of amides is 1. The third-order valence-electron chi connectivity index (χ3n) is 4.99. The standard InChI is InChI=1S/C22H29N3O4/c1-23(2)22(26)29-20-9-8-17(14-21(20)28-4)16-24-10-12-25(13-11-24)18-6-5-7-19(15-18)27-3/h5-9,14-15H,10-13,16H2,1-4H3. The van der Waals surface area contributed by atoms with Crippen LogP contribution in [0.1, 0.15) is 5.56 Å². The Balaban J connectivity index is 1.59. The van der Waals surface area contributed by atoms with Crippen LogP contribution >= 0.6 is 0 Å². The summed E-state index contributed by atoms with van der Waals surface area (Å²) in [5.41, 5.74) is 2.32. The minimum absolute atomic E-state index is 0.426. The molecule has 0 atom stereocenters. The molecule has 1 amide bonds. The summed E-state index contributed by atoms with van der Waals surface area (Å²) in [7, 11) is 6.57. The molecule has 0 bridgehead atoms. The second kappa shape index (κ2) is 9.52. The molecule has 0 unspecified atom stereocenters. The van der Waals surface area contributed by atoms with Crippen LogP contribution in [-0.2, 0) is 6.54 Å². The Morgan fingerprint density at radius 3 is 2.38 bits per heavy atom. The number of hydrogen-bond acceptors (Lipinski definition) is 6. The summed E-state index contributed by atoms with van der Waals surface area (Å²) in [4.78, 5) is 18.0. The Labute approximate surface area is 172 Å². The molecule has 2 aromatic carbocycles. The van der Waals surface area contributed by atoms with Crippen molar-refractivity contribution in [1.29, 1.82) is 0 Å². The van der Waals surface area contributed by atoms with Gasteiger partial charge in [0, 0.05) is 58.6 Å². The first-order valence-corrected chi connectivity index (χ1v) is 9.67. The van der Waals surface area contributed by atoms with Crippen LogP contribution in [0.4, 0.5) is 10.5 Å². The molecule has 7 heteroatoms. The molecular formula is C22H29N3O4. The van der Waals surface area contributed by atoms with E-state index in [2.05, 4.69) is 21.9 Å². The molecule has 0 saturated carbocycles. The maximum atomic E-state index is 11.8. The van der Waals surface area contributed by atoms with Crippen molar-refractivity contribution < 1.29 is 19.0 Å². The molecule has 156 valence electrons. The van der Waals surface area contributed by atoms with E-state index in [1.54, 1.807) is 34.4 Å². The zero-order valence-corrected chi connectivity index (χ0v) is 17.6. The zero-order chi connectivity index (χ0) is 20.8. The minimum Gasteiger partial charge on any atom is -0.497 e. The van der Waals surface area contributed by atoms with E-state index in [0.717, 1.165) is 44.0 Å². The molecule has 2 aromatic rings. The van der Waals surface area contributed by atoms with Crippen LogP contribution in [0.3, 0.4) is 0 Å². The van der Waals surface area contributed by atoms with Gasteiger partial charge in [0.15, 0.2) is 11.5 Å². The van der Waals surface area contributed by atoms with Crippen LogP contribution in [0.15, 0.2) is 42.5 Å². The predicted molar refractivity (Wildman–Crippen MR) is 113 cm³/mol. The molecular weight excluding hydrogens is 370 g/mol. The van der Waals surface area contributed by atoms with E-state index < -0.39 is 6.09 Å². The van der Waals surface area contributed by atoms with Crippen molar-refractivity contribution in [3.63, 3.8) is 0 Å². The van der Waals surface area contributed by atoms with Crippen molar-refractivity contribution in [2.75, 3.05) is 59.4 Å². The van der Waals surface area contributed by atoms with Gasteiger partial charge in [0.25, 0.3) is 0 Å². The van der Waals surface area contributed by atoms with Crippen molar-refractivity contribution >= 4 is 11.8 Å². The highest BCUT2D eigenvalue weighted by Crippen LogP contribution is 2.29. The number of piperazine rings is 1.